The van der Waals surface area contributed by atoms with E-state index in [-0.39, 0.29) is 11.3 Å². The summed E-state index contributed by atoms with van der Waals surface area (Å²) in [5, 5.41) is 11.1. The quantitative estimate of drug-likeness (QED) is 0.399. The molecule has 31 heavy (non-hydrogen) atoms. The summed E-state index contributed by atoms with van der Waals surface area (Å²) in [6.45, 7) is 5.66. The third kappa shape index (κ3) is 5.11. The molecule has 2 heterocycles. The Bertz CT molecular complexity index is 953. The van der Waals surface area contributed by atoms with Gasteiger partial charge in [-0.25, -0.2) is 0 Å². The maximum Gasteiger partial charge on any atom is 0.295 e. The van der Waals surface area contributed by atoms with Crippen molar-refractivity contribution >= 4 is 17.4 Å². The molecule has 164 valence electrons. The number of amides is 1. The van der Waals surface area contributed by atoms with Gasteiger partial charge in [0.05, 0.1) is 18.2 Å². The standard InChI is InChI=1S/C24H29N3O4/c1-16(2)15-31-19-9-7-17(8-10-19)22(28)20-21(18-6-5-11-25-14-18)27(13-12-26(3)4)24(30)23(20)29/h5-11,14,16,21,28H,12-13,15H2,1-4H3/t21-/m1/s1. The van der Waals surface area contributed by atoms with E-state index in [0.717, 1.165) is 0 Å². The molecule has 7 heteroatoms. The lowest BCUT2D eigenvalue weighted by Gasteiger charge is -2.26. The molecule has 1 atom stereocenters. The molecule has 1 aromatic heterocycles. The van der Waals surface area contributed by atoms with Crippen LogP contribution in [0.1, 0.15) is 31.0 Å². The number of pyridine rings is 1. The van der Waals surface area contributed by atoms with Gasteiger partial charge in [-0.2, -0.15) is 0 Å². The van der Waals surface area contributed by atoms with Crippen LogP contribution in [0.15, 0.2) is 54.4 Å². The molecule has 1 fully saturated rings. The Morgan fingerprint density at radius 3 is 2.48 bits per heavy atom. The summed E-state index contributed by atoms with van der Waals surface area (Å²) in [5.74, 6) is -0.430. The number of likely N-dealkylation sites (tertiary alicyclic amines) is 1. The van der Waals surface area contributed by atoms with Crippen molar-refractivity contribution < 1.29 is 19.4 Å². The number of aliphatic hydroxyl groups is 1. The van der Waals surface area contributed by atoms with Crippen LogP contribution in [0, 0.1) is 5.92 Å². The molecular formula is C24H29N3O4. The minimum absolute atomic E-state index is 0.0765. The molecule has 0 spiro atoms. The molecule has 1 N–H and O–H groups in total. The minimum atomic E-state index is -0.690. The van der Waals surface area contributed by atoms with E-state index in [0.29, 0.717) is 42.5 Å². The van der Waals surface area contributed by atoms with Gasteiger partial charge in [0.1, 0.15) is 11.5 Å². The Hall–Kier alpha value is -3.19. The molecule has 1 aliphatic heterocycles. The van der Waals surface area contributed by atoms with E-state index in [1.165, 1.54) is 4.90 Å². The maximum atomic E-state index is 12.9. The van der Waals surface area contributed by atoms with Crippen molar-refractivity contribution in [3.05, 3.63) is 65.5 Å². The van der Waals surface area contributed by atoms with E-state index >= 15 is 0 Å². The Balaban J connectivity index is 2.00. The maximum absolute atomic E-state index is 12.9. The Morgan fingerprint density at radius 2 is 1.90 bits per heavy atom. The molecular weight excluding hydrogens is 394 g/mol. The van der Waals surface area contributed by atoms with E-state index in [1.54, 1.807) is 42.7 Å². The number of carbonyl (C=O) groups is 2. The van der Waals surface area contributed by atoms with E-state index < -0.39 is 17.7 Å². The first kappa shape index (κ1) is 22.5. The van der Waals surface area contributed by atoms with Crippen molar-refractivity contribution in [2.45, 2.75) is 19.9 Å². The fraction of sp³-hybridized carbons (Fsp3) is 0.375. The molecule has 2 aromatic rings. The lowest BCUT2D eigenvalue weighted by molar-refractivity contribution is -0.140. The van der Waals surface area contributed by atoms with Gasteiger partial charge in [0.15, 0.2) is 0 Å². The summed E-state index contributed by atoms with van der Waals surface area (Å²) in [6.07, 6.45) is 3.25. The average molecular weight is 424 g/mol. The topological polar surface area (TPSA) is 83.0 Å². The molecule has 0 radical (unpaired) electrons. The molecule has 7 nitrogen and oxygen atoms in total. The number of rotatable bonds is 8. The van der Waals surface area contributed by atoms with Crippen molar-refractivity contribution in [1.82, 2.24) is 14.8 Å². The monoisotopic (exact) mass is 423 g/mol. The number of aliphatic hydroxyl groups excluding tert-OH is 1. The highest BCUT2D eigenvalue weighted by Crippen LogP contribution is 2.39. The fourth-order valence-electron chi connectivity index (χ4n) is 3.43. The second-order valence-electron chi connectivity index (χ2n) is 8.31. The SMILES string of the molecule is CC(C)COc1ccc(C(O)=C2C(=O)C(=O)N(CCN(C)C)[C@@H]2c2cccnc2)cc1. The van der Waals surface area contributed by atoms with Gasteiger partial charge in [0, 0.05) is 31.0 Å². The van der Waals surface area contributed by atoms with Gasteiger partial charge in [-0.1, -0.05) is 19.9 Å². The Morgan fingerprint density at radius 1 is 1.19 bits per heavy atom. The normalized spacial score (nSPS) is 18.3. The van der Waals surface area contributed by atoms with Crippen molar-refractivity contribution in [2.24, 2.45) is 5.92 Å². The first-order valence-corrected chi connectivity index (χ1v) is 10.4. The van der Waals surface area contributed by atoms with Crippen LogP contribution in [0.3, 0.4) is 0 Å². The second-order valence-corrected chi connectivity index (χ2v) is 8.31. The summed E-state index contributed by atoms with van der Waals surface area (Å²) < 4.78 is 5.69. The van der Waals surface area contributed by atoms with E-state index in [4.69, 9.17) is 4.74 Å². The molecule has 1 amide bonds. The van der Waals surface area contributed by atoms with Gasteiger partial charge < -0.3 is 19.6 Å². The lowest BCUT2D eigenvalue weighted by Crippen LogP contribution is -2.35. The summed E-state index contributed by atoms with van der Waals surface area (Å²) in [7, 11) is 3.80. The summed E-state index contributed by atoms with van der Waals surface area (Å²) in [5.41, 5.74) is 1.21. The van der Waals surface area contributed by atoms with Crippen LogP contribution in [-0.2, 0) is 9.59 Å². The first-order chi connectivity index (χ1) is 14.8. The highest BCUT2D eigenvalue weighted by atomic mass is 16.5. The smallest absolute Gasteiger partial charge is 0.295 e. The second kappa shape index (κ2) is 9.75. The van der Waals surface area contributed by atoms with Crippen LogP contribution in [0.5, 0.6) is 5.75 Å². The molecule has 0 unspecified atom stereocenters. The number of likely N-dealkylation sites (N-methyl/N-ethyl adjacent to an activating group) is 1. The number of nitrogens with zero attached hydrogens (tertiary/aromatic N) is 3. The number of Topliss-reactive ketones (excluding diaryl/α,β-unsaturated/α-hetero) is 1. The van der Waals surface area contributed by atoms with E-state index in [9.17, 15) is 14.7 Å². The predicted molar refractivity (Wildman–Crippen MR) is 119 cm³/mol. The number of ether oxygens (including phenoxy) is 1. The zero-order valence-electron chi connectivity index (χ0n) is 18.4. The number of carbonyl (C=O) groups excluding carboxylic acids is 2. The zero-order valence-corrected chi connectivity index (χ0v) is 18.4. The minimum Gasteiger partial charge on any atom is -0.507 e. The van der Waals surface area contributed by atoms with Gasteiger partial charge in [0.25, 0.3) is 11.7 Å². The predicted octanol–water partition coefficient (Wildman–Crippen LogP) is 3.10. The number of ketones is 1. The van der Waals surface area contributed by atoms with Crippen LogP contribution in [0.4, 0.5) is 0 Å². The fourth-order valence-corrected chi connectivity index (χ4v) is 3.43. The Kier molecular flexibility index (Phi) is 7.07. The summed E-state index contributed by atoms with van der Waals surface area (Å²) in [4.78, 5) is 33.3. The number of benzene rings is 1. The van der Waals surface area contributed by atoms with Crippen LogP contribution in [-0.4, -0.2) is 65.4 Å². The van der Waals surface area contributed by atoms with Crippen molar-refractivity contribution in [1.29, 1.82) is 0 Å². The molecule has 0 bridgehead atoms. The van der Waals surface area contributed by atoms with Crippen LogP contribution < -0.4 is 4.74 Å². The van der Waals surface area contributed by atoms with Gasteiger partial charge in [-0.3, -0.25) is 14.6 Å². The molecule has 1 saturated heterocycles. The van der Waals surface area contributed by atoms with Crippen LogP contribution >= 0.6 is 0 Å². The highest BCUT2D eigenvalue weighted by Gasteiger charge is 2.45. The van der Waals surface area contributed by atoms with Crippen LogP contribution in [0.2, 0.25) is 0 Å². The number of hydrogen-bond donors (Lipinski definition) is 1. The number of hydrogen-bond acceptors (Lipinski definition) is 6. The third-order valence-corrected chi connectivity index (χ3v) is 5.04. The zero-order chi connectivity index (χ0) is 22.5. The molecule has 1 aromatic carbocycles. The third-order valence-electron chi connectivity index (χ3n) is 5.04. The highest BCUT2D eigenvalue weighted by molar-refractivity contribution is 6.46. The molecule has 3 rings (SSSR count). The average Bonchev–Trinajstić information content (AvgIpc) is 3.01. The number of aromatic nitrogens is 1. The lowest BCUT2D eigenvalue weighted by atomic mass is 9.96. The molecule has 0 aliphatic carbocycles. The van der Waals surface area contributed by atoms with Crippen molar-refractivity contribution in [3.63, 3.8) is 0 Å². The molecule has 0 saturated carbocycles. The van der Waals surface area contributed by atoms with Crippen molar-refractivity contribution in [3.8, 4) is 5.75 Å². The molecule has 1 aliphatic rings. The van der Waals surface area contributed by atoms with Crippen LogP contribution in [0.25, 0.3) is 5.76 Å². The van der Waals surface area contributed by atoms with E-state index in [1.807, 2.05) is 25.1 Å². The van der Waals surface area contributed by atoms with E-state index in [2.05, 4.69) is 18.8 Å². The van der Waals surface area contributed by atoms with Gasteiger partial charge in [-0.05, 0) is 55.9 Å². The van der Waals surface area contributed by atoms with Gasteiger partial charge in [-0.15, -0.1) is 0 Å². The van der Waals surface area contributed by atoms with Crippen molar-refractivity contribution in [2.75, 3.05) is 33.8 Å². The van der Waals surface area contributed by atoms with Gasteiger partial charge >= 0.3 is 0 Å². The summed E-state index contributed by atoms with van der Waals surface area (Å²) >= 11 is 0. The van der Waals surface area contributed by atoms with Gasteiger partial charge in [0.2, 0.25) is 0 Å². The summed E-state index contributed by atoms with van der Waals surface area (Å²) in [6, 6.07) is 9.75. The Labute approximate surface area is 183 Å². The first-order valence-electron chi connectivity index (χ1n) is 10.4. The largest absolute Gasteiger partial charge is 0.507 e.